The van der Waals surface area contributed by atoms with Gasteiger partial charge in [-0.2, -0.15) is 0 Å². The molecular weight excluding hydrogens is 1080 g/mol. The maximum absolute atomic E-state index is 15.0. The minimum absolute atomic E-state index is 0. The molecule has 0 radical (unpaired) electrons. The molecule has 0 saturated carbocycles. The second kappa shape index (κ2) is 19.7. The topological polar surface area (TPSA) is 9.23 Å². The zero-order valence-corrected chi connectivity index (χ0v) is 41.5. The number of morpholine rings is 1. The van der Waals surface area contributed by atoms with E-state index in [2.05, 4.69) is 0 Å². The molecule has 15 heteroatoms. The summed E-state index contributed by atoms with van der Waals surface area (Å²) in [6, 6.07) is 34.8. The first-order chi connectivity index (χ1) is 36.5. The van der Waals surface area contributed by atoms with Crippen LogP contribution in [0.4, 0.5) is 52.7 Å². The predicted octanol–water partition coefficient (Wildman–Crippen LogP) is 14.2. The minimum Gasteiger partial charge on any atom is -1.00 e. The first kappa shape index (κ1) is 51.4. The summed E-state index contributed by atoms with van der Waals surface area (Å²) in [6.07, 6.45) is 0. The maximum atomic E-state index is 15.0. The molecule has 2 heterocycles. The molecule has 2 aliphatic rings. The molecule has 1 fully saturated rings. The van der Waals surface area contributed by atoms with E-state index in [1.54, 1.807) is 24.3 Å². The van der Waals surface area contributed by atoms with E-state index in [4.69, 9.17) is 4.74 Å². The van der Waals surface area contributed by atoms with Crippen LogP contribution in [0.3, 0.4) is 0 Å². The van der Waals surface area contributed by atoms with E-state index in [0.29, 0.717) is 66.1 Å². The molecule has 0 unspecified atom stereocenters. The van der Waals surface area contributed by atoms with Crippen molar-refractivity contribution >= 4 is 21.5 Å². The van der Waals surface area contributed by atoms with Gasteiger partial charge in [0.2, 0.25) is 0 Å². The fourth-order valence-corrected chi connectivity index (χ4v) is 11.1. The monoisotopic (exact) mass is 1120 g/mol. The van der Waals surface area contributed by atoms with Gasteiger partial charge in [0.15, 0.2) is 69.8 Å². The van der Waals surface area contributed by atoms with Crippen molar-refractivity contribution in [1.82, 2.24) is 0 Å². The van der Waals surface area contributed by atoms with Crippen molar-refractivity contribution in [2.75, 3.05) is 26.3 Å². The van der Waals surface area contributed by atoms with Crippen LogP contribution in [0.5, 0.6) is 0 Å². The third-order valence-electron chi connectivity index (χ3n) is 14.7. The van der Waals surface area contributed by atoms with Crippen molar-refractivity contribution in [1.29, 1.82) is 0 Å². The number of fused-ring (bicyclic) bond motifs is 7. The molecule has 10 aromatic rings. The summed E-state index contributed by atoms with van der Waals surface area (Å²) in [5.74, 6) is -18.7. The third-order valence-corrected chi connectivity index (χ3v) is 14.7. The van der Waals surface area contributed by atoms with Crippen molar-refractivity contribution in [3.8, 4) is 77.9 Å². The summed E-state index contributed by atoms with van der Waals surface area (Å²) < 4.78 is 185. The number of hydrogen-bond acceptors (Lipinski definition) is 1. The second-order valence-electron chi connectivity index (χ2n) is 19.3. The van der Waals surface area contributed by atoms with E-state index >= 15 is 35.1 Å². The van der Waals surface area contributed by atoms with E-state index in [0.717, 1.165) is 92.3 Å². The predicted molar refractivity (Wildman–Crippen MR) is 267 cm³/mol. The highest BCUT2D eigenvalue weighted by Crippen LogP contribution is 2.51. The Morgan fingerprint density at radius 1 is 0.312 bits per heavy atom. The van der Waals surface area contributed by atoms with Crippen molar-refractivity contribution in [2.24, 2.45) is 0 Å². The summed E-state index contributed by atoms with van der Waals surface area (Å²) in [7, 11) is 0. The average molecular weight is 1120 g/mol. The van der Waals surface area contributed by atoms with Gasteiger partial charge >= 0.3 is 0 Å². The Kier molecular flexibility index (Phi) is 13.1. The molecule has 1 spiro atoms. The van der Waals surface area contributed by atoms with E-state index in [9.17, 15) is 17.6 Å². The van der Waals surface area contributed by atoms with Gasteiger partial charge in [0, 0.05) is 22.3 Å². The lowest BCUT2D eigenvalue weighted by Gasteiger charge is -2.41. The van der Waals surface area contributed by atoms with Crippen LogP contribution in [0.1, 0.15) is 11.1 Å². The molecule has 386 valence electrons. The summed E-state index contributed by atoms with van der Waals surface area (Å²) in [5.41, 5.74) is 5.20. The van der Waals surface area contributed by atoms with Gasteiger partial charge in [-0.3, -0.25) is 0 Å². The van der Waals surface area contributed by atoms with Crippen molar-refractivity contribution in [3.63, 3.8) is 0 Å². The number of rotatable bonds is 6. The van der Waals surface area contributed by atoms with E-state index in [1.165, 1.54) is 12.1 Å². The van der Waals surface area contributed by atoms with Crippen LogP contribution in [0.2, 0.25) is 0 Å². The highest BCUT2D eigenvalue weighted by atomic mass is 79.9. The van der Waals surface area contributed by atoms with Crippen molar-refractivity contribution in [2.45, 2.75) is 13.1 Å². The van der Waals surface area contributed by atoms with E-state index in [-0.39, 0.29) is 61.5 Å². The molecule has 0 amide bonds. The molecule has 0 aliphatic carbocycles. The Morgan fingerprint density at radius 2 is 0.571 bits per heavy atom. The Balaban J connectivity index is 0.00000631. The fourth-order valence-electron chi connectivity index (χ4n) is 11.1. The molecular formula is C62H36BrF12NO. The molecule has 77 heavy (non-hydrogen) atoms. The summed E-state index contributed by atoms with van der Waals surface area (Å²) >= 11 is 0. The Labute approximate surface area is 442 Å². The smallest absolute Gasteiger partial charge is 0.194 e. The normalized spacial score (nSPS) is 13.9. The number of quaternary nitrogens is 1. The van der Waals surface area contributed by atoms with Crippen molar-refractivity contribution in [3.05, 3.63) is 227 Å². The van der Waals surface area contributed by atoms with Gasteiger partial charge in [-0.25, -0.2) is 52.7 Å². The van der Waals surface area contributed by atoms with Gasteiger partial charge in [0.25, 0.3) is 0 Å². The molecule has 1 saturated heterocycles. The number of halogens is 13. The van der Waals surface area contributed by atoms with Crippen LogP contribution in [0, 0.1) is 69.8 Å². The number of hydrogen-bond donors (Lipinski definition) is 0. The summed E-state index contributed by atoms with van der Waals surface area (Å²) in [4.78, 5) is 0. The standard InChI is InChI=1S/C62H36F12NO.BrH/c63-49-21-37(22-50(64)59(49)71)33-13-34(38-23-51(65)60(72)52(66)24-38)16-41(15-33)45-19-31-5-1-3-7-43(31)57-47(45)29-75(9-11-76-12-10-75)30-48-46(20-32-6-2-4-8-44(32)58(48)57)42-17-35(39-25-53(67)61(73)54(68)26-39)14-36(18-42)40-27-55(69)62(74)56(70)28-40;/h1-8,13-28H,9-12,29-30H2;1H/q+1;/p-1. The third kappa shape index (κ3) is 9.03. The van der Waals surface area contributed by atoms with Gasteiger partial charge in [0.05, 0.1) is 13.2 Å². The van der Waals surface area contributed by atoms with Gasteiger partial charge in [0.1, 0.15) is 26.2 Å². The lowest BCUT2D eigenvalue weighted by atomic mass is 9.81. The number of benzene rings is 10. The molecule has 0 N–H and O–H groups in total. The molecule has 2 nitrogen and oxygen atoms in total. The van der Waals surface area contributed by atoms with Crippen LogP contribution >= 0.6 is 0 Å². The first-order valence-corrected chi connectivity index (χ1v) is 24.0. The fraction of sp³-hybridized carbons (Fsp3) is 0.0968. The van der Waals surface area contributed by atoms with Crippen LogP contribution in [0.15, 0.2) is 146 Å². The van der Waals surface area contributed by atoms with E-state index in [1.807, 2.05) is 60.7 Å². The highest BCUT2D eigenvalue weighted by Gasteiger charge is 2.39. The largest absolute Gasteiger partial charge is 1.00 e. The SMILES string of the molecule is Fc1cc(-c2cc(-c3cc(F)c(F)c(F)c3)cc(-c3cc4ccccc4c4c3C[N+]3(CCOCC3)Cc3c(-c5cc(-c6cc(F)c(F)c(F)c6)cc(-c6cc(F)c(F)c(F)c6)c5)cc5ccccc5c3-4)c2)cc(F)c1F.[Br-]. The minimum atomic E-state index is -1.70. The Hall–Kier alpha value is -7.72. The quantitative estimate of drug-likeness (QED) is 0.0916. The lowest BCUT2D eigenvalue weighted by molar-refractivity contribution is -0.959. The van der Waals surface area contributed by atoms with Crippen LogP contribution in [-0.4, -0.2) is 30.8 Å². The van der Waals surface area contributed by atoms with Crippen LogP contribution in [-0.2, 0) is 17.8 Å². The Morgan fingerprint density at radius 3 is 0.870 bits per heavy atom. The highest BCUT2D eigenvalue weighted by molar-refractivity contribution is 6.12. The Bertz CT molecular complexity index is 3600. The summed E-state index contributed by atoms with van der Waals surface area (Å²) in [6.45, 7) is 2.27. The molecule has 10 aromatic carbocycles. The molecule has 0 atom stereocenters. The van der Waals surface area contributed by atoms with Crippen molar-refractivity contribution < 1.29 is 78.9 Å². The first-order valence-electron chi connectivity index (χ1n) is 24.0. The second-order valence-corrected chi connectivity index (χ2v) is 19.3. The zero-order valence-electron chi connectivity index (χ0n) is 39.9. The molecule has 12 rings (SSSR count). The summed E-state index contributed by atoms with van der Waals surface area (Å²) in [5, 5.41) is 3.04. The van der Waals surface area contributed by atoms with Gasteiger partial charge in [-0.1, -0.05) is 48.5 Å². The van der Waals surface area contributed by atoms with Gasteiger partial charge in [-0.15, -0.1) is 0 Å². The maximum Gasteiger partial charge on any atom is 0.194 e. The van der Waals surface area contributed by atoms with E-state index < -0.39 is 69.8 Å². The zero-order chi connectivity index (χ0) is 52.9. The van der Waals surface area contributed by atoms with Gasteiger partial charge < -0.3 is 26.2 Å². The van der Waals surface area contributed by atoms with Gasteiger partial charge in [-0.05, 0) is 185 Å². The number of ether oxygens (including phenoxy) is 1. The average Bonchev–Trinajstić information content (AvgIpc) is 3.56. The molecule has 2 aliphatic heterocycles. The van der Waals surface area contributed by atoms with Crippen LogP contribution < -0.4 is 17.0 Å². The molecule has 0 aromatic heterocycles. The van der Waals surface area contributed by atoms with Crippen LogP contribution in [0.25, 0.3) is 99.4 Å². The lowest BCUT2D eigenvalue weighted by Crippen LogP contribution is -3.00. The molecule has 0 bridgehead atoms. The number of nitrogens with zero attached hydrogens (tertiary/aromatic N) is 1.